The van der Waals surface area contributed by atoms with Crippen LogP contribution in [0.5, 0.6) is 0 Å². The van der Waals surface area contributed by atoms with E-state index in [-0.39, 0.29) is 21.8 Å². The second kappa shape index (κ2) is 6.39. The van der Waals surface area contributed by atoms with Crippen molar-refractivity contribution in [2.75, 3.05) is 0 Å². The first-order valence-electron chi connectivity index (χ1n) is 8.87. The molecular weight excluding hydrogens is 320 g/mol. The lowest BCUT2D eigenvalue weighted by atomic mass is 9.76. The lowest BCUT2D eigenvalue weighted by Gasteiger charge is -2.55. The summed E-state index contributed by atoms with van der Waals surface area (Å²) in [7, 11) is -3.63. The summed E-state index contributed by atoms with van der Waals surface area (Å²) < 4.78 is 13.1. The van der Waals surface area contributed by atoms with Crippen LogP contribution in [0.1, 0.15) is 60.8 Å². The van der Waals surface area contributed by atoms with Gasteiger partial charge in [0.1, 0.15) is 6.29 Å². The fraction of sp³-hybridized carbons (Fsp3) is 0.944. The predicted molar refractivity (Wildman–Crippen MR) is 103 cm³/mol. The topological polar surface area (TPSA) is 35.5 Å². The minimum atomic E-state index is -1.88. The SMILES string of the molecule is CC(C)(C)[Si](C)(C)OC1CC(CC=O)(O[Si](C)(C)C(C)(C)C)C1. The van der Waals surface area contributed by atoms with Crippen LogP contribution < -0.4 is 0 Å². The van der Waals surface area contributed by atoms with E-state index in [4.69, 9.17) is 8.85 Å². The molecule has 0 aromatic carbocycles. The highest BCUT2D eigenvalue weighted by Gasteiger charge is 2.53. The molecule has 0 unspecified atom stereocenters. The molecule has 0 saturated heterocycles. The second-order valence-electron chi connectivity index (χ2n) is 10.3. The molecule has 0 aromatic heterocycles. The van der Waals surface area contributed by atoms with E-state index in [1.54, 1.807) is 0 Å². The van der Waals surface area contributed by atoms with Crippen molar-refractivity contribution in [3.8, 4) is 0 Å². The summed E-state index contributed by atoms with van der Waals surface area (Å²) in [6.45, 7) is 22.7. The largest absolute Gasteiger partial charge is 0.414 e. The van der Waals surface area contributed by atoms with Gasteiger partial charge in [-0.2, -0.15) is 0 Å². The molecule has 1 rings (SSSR count). The summed E-state index contributed by atoms with van der Waals surface area (Å²) in [5.41, 5.74) is -0.280. The van der Waals surface area contributed by atoms with E-state index in [1.165, 1.54) is 0 Å². The fourth-order valence-electron chi connectivity index (χ4n) is 2.58. The Bertz CT molecular complexity index is 425. The van der Waals surface area contributed by atoms with Crippen LogP contribution in [0.4, 0.5) is 0 Å². The van der Waals surface area contributed by atoms with Gasteiger partial charge in [-0.25, -0.2) is 0 Å². The van der Waals surface area contributed by atoms with Crippen LogP contribution >= 0.6 is 0 Å². The monoisotopic (exact) mass is 358 g/mol. The first-order valence-corrected chi connectivity index (χ1v) is 14.7. The number of aldehydes is 1. The number of carbonyl (C=O) groups is 1. The zero-order valence-corrected chi connectivity index (χ0v) is 19.0. The van der Waals surface area contributed by atoms with Gasteiger partial charge in [-0.1, -0.05) is 41.5 Å². The predicted octanol–water partition coefficient (Wildman–Crippen LogP) is 5.52. The van der Waals surface area contributed by atoms with Gasteiger partial charge in [-0.05, 0) is 36.3 Å². The maximum atomic E-state index is 11.2. The highest BCUT2D eigenvalue weighted by molar-refractivity contribution is 6.74. The molecule has 1 aliphatic rings. The Hall–Kier alpha value is 0.0238. The van der Waals surface area contributed by atoms with Gasteiger partial charge >= 0.3 is 0 Å². The van der Waals surface area contributed by atoms with Gasteiger partial charge in [0.05, 0.1) is 11.7 Å². The van der Waals surface area contributed by atoms with Crippen molar-refractivity contribution in [3.05, 3.63) is 0 Å². The lowest BCUT2D eigenvalue weighted by molar-refractivity contribution is -0.125. The van der Waals surface area contributed by atoms with Gasteiger partial charge in [0.15, 0.2) is 16.6 Å². The number of carbonyl (C=O) groups excluding carboxylic acids is 1. The summed E-state index contributed by atoms with van der Waals surface area (Å²) >= 11 is 0. The fourth-order valence-corrected chi connectivity index (χ4v) is 5.58. The van der Waals surface area contributed by atoms with Crippen molar-refractivity contribution < 1.29 is 13.6 Å². The first kappa shape index (κ1) is 21.1. The highest BCUT2D eigenvalue weighted by Crippen LogP contribution is 2.49. The van der Waals surface area contributed by atoms with Crippen LogP contribution in [0, 0.1) is 0 Å². The van der Waals surface area contributed by atoms with Crippen LogP contribution in [0.3, 0.4) is 0 Å². The Balaban J connectivity index is 2.78. The van der Waals surface area contributed by atoms with Crippen LogP contribution in [-0.2, 0) is 13.6 Å². The molecule has 0 amide bonds. The molecule has 0 atom stereocenters. The molecule has 0 N–H and O–H groups in total. The third-order valence-electron chi connectivity index (χ3n) is 6.20. The molecule has 0 radical (unpaired) electrons. The molecule has 1 aliphatic carbocycles. The van der Waals surface area contributed by atoms with Gasteiger partial charge in [0, 0.05) is 19.3 Å². The van der Waals surface area contributed by atoms with E-state index < -0.39 is 16.6 Å². The third-order valence-corrected chi connectivity index (χ3v) is 15.3. The summed E-state index contributed by atoms with van der Waals surface area (Å²) in [4.78, 5) is 11.2. The zero-order valence-electron chi connectivity index (χ0n) is 17.0. The summed E-state index contributed by atoms with van der Waals surface area (Å²) in [6.07, 6.45) is 3.50. The van der Waals surface area contributed by atoms with Crippen LogP contribution in [0.15, 0.2) is 0 Å². The Kier molecular flexibility index (Phi) is 5.86. The van der Waals surface area contributed by atoms with E-state index in [2.05, 4.69) is 67.7 Å². The standard InChI is InChI=1S/C18H38O3Si2/c1-16(2,3)22(7,8)20-15-13-18(14-15,11-12-19)21-23(9,10)17(4,5)6/h12,15H,11,13-14H2,1-10H3. The van der Waals surface area contributed by atoms with Crippen molar-refractivity contribution >= 4 is 22.9 Å². The minimum Gasteiger partial charge on any atom is -0.414 e. The van der Waals surface area contributed by atoms with Gasteiger partial charge in [0.25, 0.3) is 0 Å². The van der Waals surface area contributed by atoms with Gasteiger partial charge in [-0.3, -0.25) is 0 Å². The molecule has 1 fully saturated rings. The molecule has 0 aromatic rings. The molecule has 3 nitrogen and oxygen atoms in total. The Morgan fingerprint density at radius 1 is 0.957 bits per heavy atom. The van der Waals surface area contributed by atoms with Crippen LogP contribution in [0.25, 0.3) is 0 Å². The van der Waals surface area contributed by atoms with E-state index in [0.29, 0.717) is 6.42 Å². The van der Waals surface area contributed by atoms with Crippen LogP contribution in [0.2, 0.25) is 36.3 Å². The van der Waals surface area contributed by atoms with Crippen molar-refractivity contribution in [2.45, 2.75) is 109 Å². The third kappa shape index (κ3) is 4.77. The summed E-state index contributed by atoms with van der Waals surface area (Å²) in [6, 6.07) is 0. The van der Waals surface area contributed by atoms with Crippen molar-refractivity contribution in [2.24, 2.45) is 0 Å². The molecule has 136 valence electrons. The molecular formula is C18H38O3Si2. The molecule has 1 saturated carbocycles. The molecule has 5 heteroatoms. The molecule has 23 heavy (non-hydrogen) atoms. The number of hydrogen-bond acceptors (Lipinski definition) is 3. The Morgan fingerprint density at radius 2 is 1.39 bits per heavy atom. The Morgan fingerprint density at radius 3 is 1.74 bits per heavy atom. The van der Waals surface area contributed by atoms with Crippen LogP contribution in [-0.4, -0.2) is 34.6 Å². The quantitative estimate of drug-likeness (QED) is 0.463. The van der Waals surface area contributed by atoms with Crippen molar-refractivity contribution in [1.82, 2.24) is 0 Å². The zero-order chi connectivity index (χ0) is 18.3. The number of hydrogen-bond donors (Lipinski definition) is 0. The average Bonchev–Trinajstić information content (AvgIpc) is 2.22. The summed E-state index contributed by atoms with van der Waals surface area (Å²) in [5.74, 6) is 0. The van der Waals surface area contributed by atoms with Crippen molar-refractivity contribution in [1.29, 1.82) is 0 Å². The maximum absolute atomic E-state index is 11.2. The highest BCUT2D eigenvalue weighted by atomic mass is 28.4. The molecule has 0 heterocycles. The van der Waals surface area contributed by atoms with E-state index >= 15 is 0 Å². The average molecular weight is 359 g/mol. The van der Waals surface area contributed by atoms with E-state index in [9.17, 15) is 4.79 Å². The van der Waals surface area contributed by atoms with Gasteiger partial charge in [0.2, 0.25) is 0 Å². The minimum absolute atomic E-state index is 0.161. The lowest BCUT2D eigenvalue weighted by Crippen LogP contribution is -2.60. The smallest absolute Gasteiger partial charge is 0.192 e. The molecule has 0 aliphatic heterocycles. The second-order valence-corrected chi connectivity index (χ2v) is 19.8. The normalized spacial score (nSPS) is 26.8. The first-order chi connectivity index (χ1) is 10.1. The van der Waals surface area contributed by atoms with Gasteiger partial charge in [-0.15, -0.1) is 0 Å². The molecule has 0 spiro atoms. The van der Waals surface area contributed by atoms with Gasteiger partial charge < -0.3 is 13.6 Å². The Labute approximate surface area is 145 Å². The van der Waals surface area contributed by atoms with E-state index in [1.807, 2.05) is 0 Å². The van der Waals surface area contributed by atoms with Crippen molar-refractivity contribution in [3.63, 3.8) is 0 Å². The maximum Gasteiger partial charge on any atom is 0.192 e. The molecule has 0 bridgehead atoms. The number of rotatable bonds is 6. The van der Waals surface area contributed by atoms with E-state index in [0.717, 1.165) is 19.1 Å². The summed E-state index contributed by atoms with van der Waals surface area (Å²) in [5, 5.41) is 0.379.